The van der Waals surface area contributed by atoms with Crippen LogP contribution in [-0.4, -0.2) is 31.1 Å². The van der Waals surface area contributed by atoms with Crippen molar-refractivity contribution in [1.82, 2.24) is 4.90 Å². The van der Waals surface area contributed by atoms with Crippen LogP contribution in [0, 0.1) is 13.8 Å². The zero-order chi connectivity index (χ0) is 13.0. The SMILES string of the molecule is Cc1cc(OC(=O)N(C)CCN)cc(C)c1Cl. The fourth-order valence-corrected chi connectivity index (χ4v) is 1.54. The summed E-state index contributed by atoms with van der Waals surface area (Å²) in [6.45, 7) is 4.61. The van der Waals surface area contributed by atoms with Crippen LogP contribution in [0.1, 0.15) is 11.1 Å². The molecule has 0 aliphatic heterocycles. The zero-order valence-electron chi connectivity index (χ0n) is 10.3. The van der Waals surface area contributed by atoms with Gasteiger partial charge in [-0.2, -0.15) is 0 Å². The van der Waals surface area contributed by atoms with Gasteiger partial charge in [0.2, 0.25) is 0 Å². The molecule has 0 unspecified atom stereocenters. The standard InChI is InChI=1S/C12H17ClN2O2/c1-8-6-10(7-9(2)11(8)13)17-12(16)15(3)5-4-14/h6-7H,4-5,14H2,1-3H3. The number of nitrogens with zero attached hydrogens (tertiary/aromatic N) is 1. The van der Waals surface area contributed by atoms with Crippen molar-refractivity contribution in [2.45, 2.75) is 13.8 Å². The minimum atomic E-state index is -0.420. The number of rotatable bonds is 3. The summed E-state index contributed by atoms with van der Waals surface area (Å²) in [6.07, 6.45) is -0.420. The Morgan fingerprint density at radius 1 is 1.41 bits per heavy atom. The first-order valence-corrected chi connectivity index (χ1v) is 5.73. The highest BCUT2D eigenvalue weighted by molar-refractivity contribution is 6.32. The third-order valence-corrected chi connectivity index (χ3v) is 2.99. The van der Waals surface area contributed by atoms with E-state index in [1.165, 1.54) is 4.90 Å². The molecule has 0 heterocycles. The van der Waals surface area contributed by atoms with Crippen molar-refractivity contribution in [2.24, 2.45) is 5.73 Å². The van der Waals surface area contributed by atoms with Gasteiger partial charge in [-0.25, -0.2) is 4.79 Å². The van der Waals surface area contributed by atoms with E-state index < -0.39 is 6.09 Å². The van der Waals surface area contributed by atoms with Crippen molar-refractivity contribution in [3.05, 3.63) is 28.3 Å². The molecule has 0 aromatic heterocycles. The van der Waals surface area contributed by atoms with Crippen molar-refractivity contribution < 1.29 is 9.53 Å². The summed E-state index contributed by atoms with van der Waals surface area (Å²) in [7, 11) is 1.64. The van der Waals surface area contributed by atoms with Gasteiger partial charge in [-0.05, 0) is 37.1 Å². The van der Waals surface area contributed by atoms with Crippen molar-refractivity contribution in [2.75, 3.05) is 20.1 Å². The van der Waals surface area contributed by atoms with Crippen molar-refractivity contribution in [3.8, 4) is 5.75 Å². The van der Waals surface area contributed by atoms with Crippen LogP contribution < -0.4 is 10.5 Å². The summed E-state index contributed by atoms with van der Waals surface area (Å²) in [5.74, 6) is 0.498. The Morgan fingerprint density at radius 2 is 1.94 bits per heavy atom. The number of carbonyl (C=O) groups is 1. The number of halogens is 1. The average Bonchev–Trinajstić information content (AvgIpc) is 2.26. The Labute approximate surface area is 106 Å². The van der Waals surface area contributed by atoms with Gasteiger partial charge in [0.1, 0.15) is 5.75 Å². The largest absolute Gasteiger partial charge is 0.415 e. The molecule has 0 atom stereocenters. The van der Waals surface area contributed by atoms with E-state index in [1.807, 2.05) is 13.8 Å². The summed E-state index contributed by atoms with van der Waals surface area (Å²) in [6, 6.07) is 3.48. The van der Waals surface area contributed by atoms with Gasteiger partial charge < -0.3 is 15.4 Å². The van der Waals surface area contributed by atoms with Crippen molar-refractivity contribution >= 4 is 17.7 Å². The predicted molar refractivity (Wildman–Crippen MR) is 68.6 cm³/mol. The molecule has 94 valence electrons. The summed E-state index contributed by atoms with van der Waals surface area (Å²) in [5.41, 5.74) is 7.13. The average molecular weight is 257 g/mol. The summed E-state index contributed by atoms with van der Waals surface area (Å²) in [4.78, 5) is 13.1. The molecule has 1 amide bonds. The first kappa shape index (κ1) is 13.8. The number of ether oxygens (including phenoxy) is 1. The van der Waals surface area contributed by atoms with Gasteiger partial charge in [0.05, 0.1) is 0 Å². The lowest BCUT2D eigenvalue weighted by Crippen LogP contribution is -2.33. The van der Waals surface area contributed by atoms with Gasteiger partial charge in [-0.1, -0.05) is 11.6 Å². The zero-order valence-corrected chi connectivity index (χ0v) is 11.0. The molecule has 5 heteroatoms. The topological polar surface area (TPSA) is 55.6 Å². The molecule has 0 saturated heterocycles. The Bertz CT molecular complexity index is 398. The number of likely N-dealkylation sites (N-methyl/N-ethyl adjacent to an activating group) is 1. The lowest BCUT2D eigenvalue weighted by molar-refractivity contribution is 0.164. The van der Waals surface area contributed by atoms with E-state index in [1.54, 1.807) is 19.2 Å². The highest BCUT2D eigenvalue weighted by Gasteiger charge is 2.11. The molecular weight excluding hydrogens is 240 g/mol. The predicted octanol–water partition coefficient (Wildman–Crippen LogP) is 2.35. The Kier molecular flexibility index (Phi) is 4.78. The number of amides is 1. The van der Waals surface area contributed by atoms with Crippen LogP contribution >= 0.6 is 11.6 Å². The molecule has 0 radical (unpaired) electrons. The third-order valence-electron chi connectivity index (χ3n) is 2.39. The molecule has 17 heavy (non-hydrogen) atoms. The Morgan fingerprint density at radius 3 is 2.41 bits per heavy atom. The fourth-order valence-electron chi connectivity index (χ4n) is 1.43. The molecular formula is C12H17ClN2O2. The molecule has 0 saturated carbocycles. The van der Waals surface area contributed by atoms with Crippen LogP contribution in [0.15, 0.2) is 12.1 Å². The minimum Gasteiger partial charge on any atom is -0.410 e. The van der Waals surface area contributed by atoms with Gasteiger partial charge in [0.25, 0.3) is 0 Å². The molecule has 0 aliphatic rings. The first-order valence-electron chi connectivity index (χ1n) is 5.35. The normalized spacial score (nSPS) is 10.2. The van der Waals surface area contributed by atoms with Gasteiger partial charge >= 0.3 is 6.09 Å². The molecule has 1 rings (SSSR count). The second kappa shape index (κ2) is 5.89. The molecule has 0 spiro atoms. The molecule has 0 aliphatic carbocycles. The van der Waals surface area contributed by atoms with Crippen molar-refractivity contribution in [3.63, 3.8) is 0 Å². The van der Waals surface area contributed by atoms with E-state index >= 15 is 0 Å². The van der Waals surface area contributed by atoms with Crippen LogP contribution in [0.5, 0.6) is 5.75 Å². The fraction of sp³-hybridized carbons (Fsp3) is 0.417. The summed E-state index contributed by atoms with van der Waals surface area (Å²) in [5, 5.41) is 0.695. The molecule has 1 aromatic carbocycles. The smallest absolute Gasteiger partial charge is 0.410 e. The van der Waals surface area contributed by atoms with E-state index in [4.69, 9.17) is 22.1 Å². The molecule has 4 nitrogen and oxygen atoms in total. The van der Waals surface area contributed by atoms with E-state index in [0.29, 0.717) is 23.9 Å². The minimum absolute atomic E-state index is 0.407. The molecule has 1 aromatic rings. The summed E-state index contributed by atoms with van der Waals surface area (Å²) >= 11 is 6.03. The second-order valence-electron chi connectivity index (χ2n) is 3.95. The molecule has 0 fully saturated rings. The van der Waals surface area contributed by atoms with Crippen LogP contribution in [0.4, 0.5) is 4.79 Å². The maximum atomic E-state index is 11.6. The van der Waals surface area contributed by atoms with Gasteiger partial charge in [-0.3, -0.25) is 0 Å². The van der Waals surface area contributed by atoms with Gasteiger partial charge in [-0.15, -0.1) is 0 Å². The Hall–Kier alpha value is -1.26. The maximum Gasteiger partial charge on any atom is 0.415 e. The lowest BCUT2D eigenvalue weighted by Gasteiger charge is -2.16. The highest BCUT2D eigenvalue weighted by atomic mass is 35.5. The van der Waals surface area contributed by atoms with Crippen molar-refractivity contribution in [1.29, 1.82) is 0 Å². The number of hydrogen-bond acceptors (Lipinski definition) is 3. The monoisotopic (exact) mass is 256 g/mol. The van der Waals surface area contributed by atoms with Crippen LogP contribution in [0.2, 0.25) is 5.02 Å². The number of benzene rings is 1. The van der Waals surface area contributed by atoms with E-state index in [0.717, 1.165) is 11.1 Å². The van der Waals surface area contributed by atoms with Crippen LogP contribution in [0.3, 0.4) is 0 Å². The Balaban J connectivity index is 2.79. The van der Waals surface area contributed by atoms with Crippen LogP contribution in [-0.2, 0) is 0 Å². The number of carbonyl (C=O) groups excluding carboxylic acids is 1. The number of hydrogen-bond donors (Lipinski definition) is 1. The van der Waals surface area contributed by atoms with E-state index in [-0.39, 0.29) is 0 Å². The first-order chi connectivity index (χ1) is 7.95. The van der Waals surface area contributed by atoms with Gasteiger partial charge in [0.15, 0.2) is 0 Å². The van der Waals surface area contributed by atoms with E-state index in [2.05, 4.69) is 0 Å². The maximum absolute atomic E-state index is 11.6. The van der Waals surface area contributed by atoms with Crippen LogP contribution in [0.25, 0.3) is 0 Å². The number of nitrogens with two attached hydrogens (primary N) is 1. The molecule has 2 N–H and O–H groups in total. The molecule has 0 bridgehead atoms. The van der Waals surface area contributed by atoms with Gasteiger partial charge in [0, 0.05) is 25.2 Å². The third kappa shape index (κ3) is 3.61. The lowest BCUT2D eigenvalue weighted by atomic mass is 10.1. The highest BCUT2D eigenvalue weighted by Crippen LogP contribution is 2.26. The summed E-state index contributed by atoms with van der Waals surface area (Å²) < 4.78 is 5.22. The second-order valence-corrected chi connectivity index (χ2v) is 4.33. The quantitative estimate of drug-likeness (QED) is 0.903. The van der Waals surface area contributed by atoms with E-state index in [9.17, 15) is 4.79 Å². The number of aryl methyl sites for hydroxylation is 2.